The van der Waals surface area contributed by atoms with Crippen molar-refractivity contribution in [1.29, 1.82) is 0 Å². The minimum Gasteiger partial charge on any atom is -0.497 e. The molecule has 7 heteroatoms. The van der Waals surface area contributed by atoms with Crippen molar-refractivity contribution in [3.05, 3.63) is 59.4 Å². The first-order valence-electron chi connectivity index (χ1n) is 7.94. The summed E-state index contributed by atoms with van der Waals surface area (Å²) < 4.78 is 23.6. The number of hydrogen-bond acceptors (Lipinski definition) is 3. The van der Waals surface area contributed by atoms with E-state index in [-0.39, 0.29) is 29.8 Å². The zero-order valence-electron chi connectivity index (χ0n) is 15.5. The van der Waals surface area contributed by atoms with Crippen LogP contribution in [0.25, 0.3) is 0 Å². The molecule has 0 heterocycles. The van der Waals surface area contributed by atoms with Gasteiger partial charge in [-0.05, 0) is 29.8 Å². The zero-order valence-corrected chi connectivity index (χ0v) is 17.8. The van der Waals surface area contributed by atoms with Crippen molar-refractivity contribution in [2.45, 2.75) is 13.1 Å². The van der Waals surface area contributed by atoms with E-state index < -0.39 is 0 Å². The molecule has 5 nitrogen and oxygen atoms in total. The smallest absolute Gasteiger partial charge is 0.193 e. The molecule has 0 fully saturated rings. The molecule has 26 heavy (non-hydrogen) atoms. The molecular formula is C19H25FIN3O2. The number of guanidine groups is 1. The molecule has 2 aromatic carbocycles. The first-order chi connectivity index (χ1) is 12.1. The number of benzene rings is 2. The zero-order chi connectivity index (χ0) is 18.2. The Kier molecular flexibility index (Phi) is 9.18. The molecule has 0 aliphatic carbocycles. The average molecular weight is 473 g/mol. The minimum atomic E-state index is -0.239. The van der Waals surface area contributed by atoms with Crippen LogP contribution in [0.3, 0.4) is 0 Å². The highest BCUT2D eigenvalue weighted by Crippen LogP contribution is 2.25. The van der Waals surface area contributed by atoms with Crippen molar-refractivity contribution >= 4 is 29.9 Å². The van der Waals surface area contributed by atoms with Crippen LogP contribution in [0.2, 0.25) is 0 Å². The van der Waals surface area contributed by atoms with Gasteiger partial charge in [0.1, 0.15) is 17.3 Å². The first kappa shape index (κ1) is 22.0. The van der Waals surface area contributed by atoms with Crippen LogP contribution in [0, 0.1) is 5.82 Å². The Morgan fingerprint density at radius 3 is 2.38 bits per heavy atom. The summed E-state index contributed by atoms with van der Waals surface area (Å²) in [5.74, 6) is 2.02. The molecule has 0 radical (unpaired) electrons. The van der Waals surface area contributed by atoms with Crippen LogP contribution in [-0.2, 0) is 13.1 Å². The van der Waals surface area contributed by atoms with E-state index in [2.05, 4.69) is 10.3 Å². The predicted molar refractivity (Wildman–Crippen MR) is 113 cm³/mol. The Bertz CT molecular complexity index is 723. The summed E-state index contributed by atoms with van der Waals surface area (Å²) >= 11 is 0. The van der Waals surface area contributed by atoms with Crippen LogP contribution in [0.15, 0.2) is 47.5 Å². The predicted octanol–water partition coefficient (Wildman–Crippen LogP) is 3.67. The van der Waals surface area contributed by atoms with E-state index in [9.17, 15) is 4.39 Å². The second-order valence-corrected chi connectivity index (χ2v) is 5.56. The van der Waals surface area contributed by atoms with Crippen molar-refractivity contribution in [3.8, 4) is 11.5 Å². The number of nitrogens with one attached hydrogen (secondary N) is 1. The molecule has 142 valence electrons. The van der Waals surface area contributed by atoms with E-state index in [1.54, 1.807) is 33.4 Å². The molecule has 0 bridgehead atoms. The maximum atomic E-state index is 13.0. The van der Waals surface area contributed by atoms with E-state index in [0.29, 0.717) is 13.1 Å². The van der Waals surface area contributed by atoms with Crippen LogP contribution in [0.4, 0.5) is 4.39 Å². The lowest BCUT2D eigenvalue weighted by molar-refractivity contribution is 0.382. The van der Waals surface area contributed by atoms with Crippen molar-refractivity contribution in [1.82, 2.24) is 10.2 Å². The second kappa shape index (κ2) is 10.8. The van der Waals surface area contributed by atoms with Crippen LogP contribution in [-0.4, -0.2) is 39.2 Å². The lowest BCUT2D eigenvalue weighted by Crippen LogP contribution is -2.38. The van der Waals surface area contributed by atoms with Crippen LogP contribution in [0.1, 0.15) is 11.1 Å². The normalized spacial score (nSPS) is 10.7. The van der Waals surface area contributed by atoms with Crippen LogP contribution >= 0.6 is 24.0 Å². The lowest BCUT2D eigenvalue weighted by atomic mass is 10.2. The molecule has 0 amide bonds. The van der Waals surface area contributed by atoms with Gasteiger partial charge in [0.15, 0.2) is 5.96 Å². The lowest BCUT2D eigenvalue weighted by Gasteiger charge is -2.23. The number of rotatable bonds is 6. The fourth-order valence-corrected chi connectivity index (χ4v) is 2.48. The number of hydrogen-bond donors (Lipinski definition) is 1. The number of ether oxygens (including phenoxy) is 2. The first-order valence-corrected chi connectivity index (χ1v) is 7.94. The standard InChI is InChI=1S/C19H24FN3O2.HI/c1-21-19(22-12-14-5-8-16(20)9-6-14)23(2)13-15-7-10-17(24-3)11-18(15)25-4;/h5-11H,12-13H2,1-4H3,(H,21,22);1H. The van der Waals surface area contributed by atoms with Gasteiger partial charge in [-0.3, -0.25) is 4.99 Å². The Morgan fingerprint density at radius 1 is 1.12 bits per heavy atom. The fraction of sp³-hybridized carbons (Fsp3) is 0.316. The van der Waals surface area contributed by atoms with Gasteiger partial charge < -0.3 is 19.7 Å². The van der Waals surface area contributed by atoms with E-state index in [1.165, 1.54) is 12.1 Å². The second-order valence-electron chi connectivity index (χ2n) is 5.56. The fourth-order valence-electron chi connectivity index (χ4n) is 2.48. The molecule has 2 rings (SSSR count). The summed E-state index contributed by atoms with van der Waals surface area (Å²) in [5, 5.41) is 3.27. The van der Waals surface area contributed by atoms with Crippen LogP contribution < -0.4 is 14.8 Å². The summed E-state index contributed by atoms with van der Waals surface area (Å²) in [4.78, 5) is 6.29. The molecule has 0 aromatic heterocycles. The van der Waals surface area contributed by atoms with E-state index in [1.807, 2.05) is 30.1 Å². The van der Waals surface area contributed by atoms with Gasteiger partial charge >= 0.3 is 0 Å². The van der Waals surface area contributed by atoms with Gasteiger partial charge in [-0.2, -0.15) is 0 Å². The largest absolute Gasteiger partial charge is 0.497 e. The summed E-state index contributed by atoms with van der Waals surface area (Å²) in [7, 11) is 6.94. The molecule has 0 saturated carbocycles. The third kappa shape index (κ3) is 6.05. The third-order valence-electron chi connectivity index (χ3n) is 3.84. The van der Waals surface area contributed by atoms with E-state index in [0.717, 1.165) is 28.6 Å². The van der Waals surface area contributed by atoms with Crippen molar-refractivity contribution in [2.75, 3.05) is 28.3 Å². The molecule has 0 spiro atoms. The number of halogens is 2. The summed E-state index contributed by atoms with van der Waals surface area (Å²) in [6.07, 6.45) is 0. The molecule has 0 saturated heterocycles. The van der Waals surface area contributed by atoms with Crippen molar-refractivity contribution in [3.63, 3.8) is 0 Å². The van der Waals surface area contributed by atoms with Gasteiger partial charge in [0.05, 0.1) is 14.2 Å². The number of nitrogens with zero attached hydrogens (tertiary/aromatic N) is 2. The summed E-state index contributed by atoms with van der Waals surface area (Å²) in [6.45, 7) is 1.19. The van der Waals surface area contributed by atoms with Gasteiger partial charge in [-0.25, -0.2) is 4.39 Å². The highest BCUT2D eigenvalue weighted by molar-refractivity contribution is 14.0. The maximum absolute atomic E-state index is 13.0. The van der Waals surface area contributed by atoms with Gasteiger partial charge in [-0.15, -0.1) is 24.0 Å². The highest BCUT2D eigenvalue weighted by atomic mass is 127. The van der Waals surface area contributed by atoms with Gasteiger partial charge in [0.2, 0.25) is 0 Å². The minimum absolute atomic E-state index is 0. The quantitative estimate of drug-likeness (QED) is 0.395. The van der Waals surface area contributed by atoms with E-state index in [4.69, 9.17) is 9.47 Å². The van der Waals surface area contributed by atoms with Gasteiger partial charge in [0, 0.05) is 38.8 Å². The molecule has 0 aliphatic rings. The molecule has 1 N–H and O–H groups in total. The maximum Gasteiger partial charge on any atom is 0.193 e. The van der Waals surface area contributed by atoms with Gasteiger partial charge in [0.25, 0.3) is 0 Å². The number of methoxy groups -OCH3 is 2. The summed E-state index contributed by atoms with van der Waals surface area (Å²) in [5.41, 5.74) is 2.01. The van der Waals surface area contributed by atoms with Crippen molar-refractivity contribution < 1.29 is 13.9 Å². The Labute approximate surface area is 171 Å². The topological polar surface area (TPSA) is 46.1 Å². The van der Waals surface area contributed by atoms with Crippen LogP contribution in [0.5, 0.6) is 11.5 Å². The Morgan fingerprint density at radius 2 is 1.81 bits per heavy atom. The third-order valence-corrected chi connectivity index (χ3v) is 3.84. The molecule has 0 aliphatic heterocycles. The summed E-state index contributed by atoms with van der Waals surface area (Å²) in [6, 6.07) is 12.1. The molecule has 0 unspecified atom stereocenters. The molecular weight excluding hydrogens is 448 g/mol. The van der Waals surface area contributed by atoms with E-state index >= 15 is 0 Å². The highest BCUT2D eigenvalue weighted by Gasteiger charge is 2.11. The SMILES string of the molecule is CN=C(NCc1ccc(F)cc1)N(C)Cc1ccc(OC)cc1OC.I. The molecule has 2 aromatic rings. The molecule has 0 atom stereocenters. The van der Waals surface area contributed by atoms with Crippen molar-refractivity contribution in [2.24, 2.45) is 4.99 Å². The number of aliphatic imine (C=N–C) groups is 1. The monoisotopic (exact) mass is 473 g/mol. The Hall–Kier alpha value is -2.03. The van der Waals surface area contributed by atoms with Gasteiger partial charge in [-0.1, -0.05) is 12.1 Å². The average Bonchev–Trinajstić information content (AvgIpc) is 2.64. The Balaban J connectivity index is 0.00000338.